The van der Waals surface area contributed by atoms with Gasteiger partial charge >= 0.3 is 6.03 Å². The van der Waals surface area contributed by atoms with Crippen molar-refractivity contribution < 1.29 is 9.59 Å². The lowest BCUT2D eigenvalue weighted by atomic mass is 10.3. The summed E-state index contributed by atoms with van der Waals surface area (Å²) in [6, 6.07) is 16.0. The molecule has 0 radical (unpaired) electrons. The third-order valence-corrected chi connectivity index (χ3v) is 4.56. The van der Waals surface area contributed by atoms with Gasteiger partial charge in [0, 0.05) is 10.2 Å². The van der Waals surface area contributed by atoms with Gasteiger partial charge in [0.05, 0.1) is 11.4 Å². The topological polar surface area (TPSA) is 88.9 Å². The Balaban J connectivity index is 1.47. The minimum absolute atomic E-state index is 0.0343. The molecule has 0 aliphatic heterocycles. The van der Waals surface area contributed by atoms with Crippen LogP contribution in [0.4, 0.5) is 10.5 Å². The normalized spacial score (nSPS) is 10.3. The molecule has 3 rings (SSSR count). The fourth-order valence-corrected chi connectivity index (χ4v) is 2.87. The summed E-state index contributed by atoms with van der Waals surface area (Å²) in [4.78, 5) is 27.8. The first-order valence-corrected chi connectivity index (χ1v) is 9.34. The number of hydrogen-bond donors (Lipinski definition) is 2. The van der Waals surface area contributed by atoms with Crippen LogP contribution < -0.4 is 10.6 Å². The van der Waals surface area contributed by atoms with Gasteiger partial charge in [-0.2, -0.15) is 0 Å². The van der Waals surface area contributed by atoms with Gasteiger partial charge in [-0.3, -0.25) is 10.1 Å². The van der Waals surface area contributed by atoms with Crippen molar-refractivity contribution in [3.05, 3.63) is 65.4 Å². The van der Waals surface area contributed by atoms with E-state index < -0.39 is 11.9 Å². The highest BCUT2D eigenvalue weighted by Crippen LogP contribution is 2.15. The largest absolute Gasteiger partial charge is 0.325 e. The summed E-state index contributed by atoms with van der Waals surface area (Å²) in [6.07, 6.45) is 1.58. The molecule has 1 aromatic heterocycles. The third kappa shape index (κ3) is 5.17. The minimum Gasteiger partial charge on any atom is -0.308 e. The van der Waals surface area contributed by atoms with Crippen LogP contribution >= 0.6 is 27.7 Å². The lowest BCUT2D eigenvalue weighted by molar-refractivity contribution is -0.117. The molecule has 0 bridgehead atoms. The molecule has 1 heterocycles. The number of hydrogen-bond acceptors (Lipinski definition) is 5. The molecular weight excluding hydrogens is 418 g/mol. The zero-order valence-corrected chi connectivity index (χ0v) is 15.8. The smallest absolute Gasteiger partial charge is 0.308 e. The molecule has 0 atom stereocenters. The van der Waals surface area contributed by atoms with Crippen molar-refractivity contribution in [3.63, 3.8) is 0 Å². The number of urea groups is 1. The quantitative estimate of drug-likeness (QED) is 0.603. The Bertz CT molecular complexity index is 899. The standard InChI is InChI=1S/C17H14BrN5O2S/c18-12-6-8-13(9-7-12)20-16(25)21-15(24)10-26-17-19-11-23(22-17)14-4-2-1-3-5-14/h1-9,11H,10H2,(H2,20,21,24,25). The average molecular weight is 432 g/mol. The molecule has 0 unspecified atom stereocenters. The Hall–Kier alpha value is -2.65. The summed E-state index contributed by atoms with van der Waals surface area (Å²) in [7, 11) is 0. The maximum absolute atomic E-state index is 11.9. The summed E-state index contributed by atoms with van der Waals surface area (Å²) in [6.45, 7) is 0. The van der Waals surface area contributed by atoms with Gasteiger partial charge in [-0.15, -0.1) is 5.10 Å². The second-order valence-corrected chi connectivity index (χ2v) is 6.96. The first-order chi connectivity index (χ1) is 12.6. The van der Waals surface area contributed by atoms with Crippen LogP contribution in [0.15, 0.2) is 70.6 Å². The van der Waals surface area contributed by atoms with Gasteiger partial charge in [-0.25, -0.2) is 14.5 Å². The van der Waals surface area contributed by atoms with Crippen molar-refractivity contribution in [1.29, 1.82) is 0 Å². The van der Waals surface area contributed by atoms with E-state index in [9.17, 15) is 9.59 Å². The van der Waals surface area contributed by atoms with Gasteiger partial charge in [-0.05, 0) is 36.4 Å². The van der Waals surface area contributed by atoms with E-state index in [1.807, 2.05) is 30.3 Å². The first kappa shape index (κ1) is 18.2. The van der Waals surface area contributed by atoms with Crippen LogP contribution in [0.5, 0.6) is 0 Å². The molecule has 26 heavy (non-hydrogen) atoms. The predicted octanol–water partition coefficient (Wildman–Crippen LogP) is 3.47. The third-order valence-electron chi connectivity index (χ3n) is 3.18. The number of carbonyl (C=O) groups is 2. The molecule has 3 amide bonds. The van der Waals surface area contributed by atoms with E-state index in [2.05, 4.69) is 36.6 Å². The van der Waals surface area contributed by atoms with E-state index in [1.54, 1.807) is 35.3 Å². The van der Waals surface area contributed by atoms with Crippen molar-refractivity contribution in [2.75, 3.05) is 11.1 Å². The molecule has 2 aromatic carbocycles. The molecule has 7 nitrogen and oxygen atoms in total. The van der Waals surface area contributed by atoms with Crippen molar-refractivity contribution in [2.45, 2.75) is 5.16 Å². The number of para-hydroxylation sites is 1. The monoisotopic (exact) mass is 431 g/mol. The number of halogens is 1. The average Bonchev–Trinajstić information content (AvgIpc) is 3.12. The summed E-state index contributed by atoms with van der Waals surface area (Å²) >= 11 is 4.47. The van der Waals surface area contributed by atoms with E-state index in [-0.39, 0.29) is 5.75 Å². The second-order valence-electron chi connectivity index (χ2n) is 5.11. The number of anilines is 1. The zero-order valence-electron chi connectivity index (χ0n) is 13.4. The Morgan fingerprint density at radius 2 is 1.81 bits per heavy atom. The maximum Gasteiger partial charge on any atom is 0.325 e. The van der Waals surface area contributed by atoms with Gasteiger partial charge in [-0.1, -0.05) is 45.9 Å². The van der Waals surface area contributed by atoms with E-state index in [1.165, 1.54) is 0 Å². The second kappa shape index (κ2) is 8.63. The number of aromatic nitrogens is 3. The molecule has 0 aliphatic rings. The molecule has 0 saturated carbocycles. The summed E-state index contributed by atoms with van der Waals surface area (Å²) < 4.78 is 2.53. The molecule has 0 spiro atoms. The highest BCUT2D eigenvalue weighted by atomic mass is 79.9. The van der Waals surface area contributed by atoms with Crippen LogP contribution in [0.1, 0.15) is 0 Å². The number of amides is 3. The van der Waals surface area contributed by atoms with Crippen LogP contribution in [0, 0.1) is 0 Å². The van der Waals surface area contributed by atoms with Crippen molar-refractivity contribution in [2.24, 2.45) is 0 Å². The first-order valence-electron chi connectivity index (χ1n) is 7.56. The van der Waals surface area contributed by atoms with Crippen molar-refractivity contribution in [1.82, 2.24) is 20.1 Å². The van der Waals surface area contributed by atoms with Crippen molar-refractivity contribution in [3.8, 4) is 5.69 Å². The summed E-state index contributed by atoms with van der Waals surface area (Å²) in [5, 5.41) is 9.60. The predicted molar refractivity (Wildman–Crippen MR) is 103 cm³/mol. The van der Waals surface area contributed by atoms with Gasteiger partial charge in [0.25, 0.3) is 0 Å². The van der Waals surface area contributed by atoms with E-state index in [0.717, 1.165) is 21.9 Å². The van der Waals surface area contributed by atoms with E-state index >= 15 is 0 Å². The van der Waals surface area contributed by atoms with Crippen LogP contribution in [0.2, 0.25) is 0 Å². The molecule has 0 aliphatic carbocycles. The Morgan fingerprint density at radius 1 is 1.08 bits per heavy atom. The summed E-state index contributed by atoms with van der Waals surface area (Å²) in [5.74, 6) is -0.396. The van der Waals surface area contributed by atoms with Gasteiger partial charge < -0.3 is 5.32 Å². The number of thioether (sulfide) groups is 1. The lowest BCUT2D eigenvalue weighted by Crippen LogP contribution is -2.35. The molecule has 9 heteroatoms. The molecule has 132 valence electrons. The fraction of sp³-hybridized carbons (Fsp3) is 0.0588. The molecule has 0 fully saturated rings. The van der Waals surface area contributed by atoms with Crippen LogP contribution in [-0.4, -0.2) is 32.5 Å². The number of nitrogens with one attached hydrogen (secondary N) is 2. The highest BCUT2D eigenvalue weighted by molar-refractivity contribution is 9.10. The number of rotatable bonds is 5. The number of imide groups is 1. The Kier molecular flexibility index (Phi) is 6.03. The Labute approximate surface area is 162 Å². The molecule has 2 N–H and O–H groups in total. The number of benzene rings is 2. The van der Waals surface area contributed by atoms with Crippen molar-refractivity contribution >= 4 is 45.3 Å². The van der Waals surface area contributed by atoms with E-state index in [0.29, 0.717) is 10.8 Å². The van der Waals surface area contributed by atoms with Gasteiger partial charge in [0.1, 0.15) is 6.33 Å². The minimum atomic E-state index is -0.583. The van der Waals surface area contributed by atoms with E-state index in [4.69, 9.17) is 0 Å². The molecular formula is C17H14BrN5O2S. The maximum atomic E-state index is 11.9. The lowest BCUT2D eigenvalue weighted by Gasteiger charge is -2.06. The van der Waals surface area contributed by atoms with Crippen LogP contribution in [-0.2, 0) is 4.79 Å². The highest BCUT2D eigenvalue weighted by Gasteiger charge is 2.11. The SMILES string of the molecule is O=C(CSc1ncn(-c2ccccc2)n1)NC(=O)Nc1ccc(Br)cc1. The van der Waals surface area contributed by atoms with Gasteiger partial charge in [0.15, 0.2) is 0 Å². The zero-order chi connectivity index (χ0) is 18.4. The van der Waals surface area contributed by atoms with Crippen LogP contribution in [0.3, 0.4) is 0 Å². The number of nitrogens with zero attached hydrogens (tertiary/aromatic N) is 3. The van der Waals surface area contributed by atoms with Gasteiger partial charge in [0.2, 0.25) is 11.1 Å². The van der Waals surface area contributed by atoms with Crippen LogP contribution in [0.25, 0.3) is 5.69 Å². The molecule has 0 saturated heterocycles. The summed E-state index contributed by atoms with van der Waals surface area (Å²) in [5.41, 5.74) is 1.47. The fourth-order valence-electron chi connectivity index (χ4n) is 2.01. The number of carbonyl (C=O) groups excluding carboxylic acids is 2. The Morgan fingerprint density at radius 3 is 2.54 bits per heavy atom. The molecule has 3 aromatic rings.